The van der Waals surface area contributed by atoms with Crippen LogP contribution < -0.4 is 26.8 Å². The Morgan fingerprint density at radius 2 is 1.26 bits per heavy atom. The summed E-state index contributed by atoms with van der Waals surface area (Å²) in [4.78, 5) is 4.59. The first-order chi connectivity index (χ1) is 13.3. The quantitative estimate of drug-likeness (QED) is 0.431. The van der Waals surface area contributed by atoms with Crippen molar-refractivity contribution >= 4 is 22.7 Å². The molecule has 0 spiro atoms. The predicted molar refractivity (Wildman–Crippen MR) is 111 cm³/mol. The van der Waals surface area contributed by atoms with Crippen molar-refractivity contribution in [2.75, 3.05) is 73.6 Å². The molecule has 0 amide bonds. The number of hydrogen-bond donors (Lipinski definition) is 3. The normalized spacial score (nSPS) is 17.1. The van der Waals surface area contributed by atoms with Crippen LogP contribution in [0.15, 0.2) is 48.5 Å². The van der Waals surface area contributed by atoms with Crippen molar-refractivity contribution in [1.29, 1.82) is 0 Å². The number of hydrazine groups is 1. The van der Waals surface area contributed by atoms with E-state index in [0.717, 1.165) is 64.0 Å². The lowest BCUT2D eigenvalue weighted by atomic mass is 10.2. The first-order valence-electron chi connectivity index (χ1n) is 9.34. The molecule has 0 unspecified atom stereocenters. The van der Waals surface area contributed by atoms with Crippen LogP contribution in [-0.4, -0.2) is 52.6 Å². The molecular weight excluding hydrogens is 342 g/mol. The van der Waals surface area contributed by atoms with E-state index in [9.17, 15) is 0 Å². The molecule has 0 aromatic heterocycles. The summed E-state index contributed by atoms with van der Waals surface area (Å²) in [7, 11) is 0. The molecule has 4 rings (SSSR count). The van der Waals surface area contributed by atoms with Gasteiger partial charge in [0, 0.05) is 43.2 Å². The fraction of sp³-hybridized carbons (Fsp3) is 0.400. The molecule has 146 valence electrons. The van der Waals surface area contributed by atoms with E-state index in [1.807, 2.05) is 36.4 Å². The highest BCUT2D eigenvalue weighted by atomic mass is 16.5. The molecule has 27 heavy (non-hydrogen) atoms. The van der Waals surface area contributed by atoms with Crippen LogP contribution in [0.2, 0.25) is 0 Å². The molecule has 0 bridgehead atoms. The lowest BCUT2D eigenvalue weighted by Crippen LogP contribution is -2.36. The molecule has 2 aromatic rings. The number of morpholine rings is 2. The van der Waals surface area contributed by atoms with Crippen molar-refractivity contribution in [3.05, 3.63) is 48.5 Å². The van der Waals surface area contributed by atoms with Crippen LogP contribution in [0, 0.1) is 0 Å². The Balaban J connectivity index is 0.000000156. The molecule has 0 saturated carbocycles. The van der Waals surface area contributed by atoms with Crippen molar-refractivity contribution in [3.63, 3.8) is 0 Å². The zero-order valence-corrected chi connectivity index (χ0v) is 15.6. The number of nitrogens with zero attached hydrogens (tertiary/aromatic N) is 2. The van der Waals surface area contributed by atoms with Crippen molar-refractivity contribution < 1.29 is 9.47 Å². The van der Waals surface area contributed by atoms with E-state index in [4.69, 9.17) is 21.1 Å². The zero-order valence-electron chi connectivity index (χ0n) is 15.6. The van der Waals surface area contributed by atoms with Gasteiger partial charge in [-0.2, -0.15) is 0 Å². The second kappa shape index (κ2) is 10.0. The number of nitrogens with one attached hydrogen (secondary N) is 1. The van der Waals surface area contributed by atoms with Crippen molar-refractivity contribution in [2.45, 2.75) is 0 Å². The third-order valence-corrected chi connectivity index (χ3v) is 4.64. The third-order valence-electron chi connectivity index (χ3n) is 4.64. The van der Waals surface area contributed by atoms with Gasteiger partial charge < -0.3 is 30.4 Å². The summed E-state index contributed by atoms with van der Waals surface area (Å²) in [5.41, 5.74) is 12.5. The monoisotopic (exact) mass is 371 g/mol. The van der Waals surface area contributed by atoms with Gasteiger partial charge in [0.05, 0.1) is 32.1 Å². The Morgan fingerprint density at radius 1 is 0.741 bits per heavy atom. The van der Waals surface area contributed by atoms with E-state index >= 15 is 0 Å². The molecule has 7 nitrogen and oxygen atoms in total. The minimum atomic E-state index is 0.806. The molecule has 0 atom stereocenters. The van der Waals surface area contributed by atoms with Gasteiger partial charge in [0.25, 0.3) is 0 Å². The summed E-state index contributed by atoms with van der Waals surface area (Å²) in [5, 5.41) is 0. The average molecular weight is 371 g/mol. The summed E-state index contributed by atoms with van der Waals surface area (Å²) >= 11 is 0. The first kappa shape index (κ1) is 19.3. The highest BCUT2D eigenvalue weighted by Crippen LogP contribution is 2.20. The maximum absolute atomic E-state index is 5.71. The zero-order chi connectivity index (χ0) is 18.9. The minimum absolute atomic E-state index is 0.806. The Morgan fingerprint density at radius 3 is 1.78 bits per heavy atom. The van der Waals surface area contributed by atoms with Crippen LogP contribution in [0.1, 0.15) is 0 Å². The Bertz CT molecular complexity index is 700. The summed E-state index contributed by atoms with van der Waals surface area (Å²) < 4.78 is 10.6. The van der Waals surface area contributed by atoms with Crippen LogP contribution >= 0.6 is 0 Å². The maximum Gasteiger partial charge on any atom is 0.0642 e. The molecule has 2 heterocycles. The molecule has 0 aliphatic carbocycles. The van der Waals surface area contributed by atoms with E-state index < -0.39 is 0 Å². The second-order valence-electron chi connectivity index (χ2n) is 6.49. The van der Waals surface area contributed by atoms with Gasteiger partial charge >= 0.3 is 0 Å². The first-order valence-corrected chi connectivity index (χ1v) is 9.34. The van der Waals surface area contributed by atoms with Gasteiger partial charge in [-0.1, -0.05) is 12.1 Å². The molecule has 2 aliphatic rings. The lowest BCUT2D eigenvalue weighted by Gasteiger charge is -2.29. The van der Waals surface area contributed by atoms with E-state index in [1.165, 1.54) is 11.4 Å². The summed E-state index contributed by atoms with van der Waals surface area (Å²) in [6.07, 6.45) is 0. The fourth-order valence-corrected chi connectivity index (χ4v) is 3.16. The van der Waals surface area contributed by atoms with Gasteiger partial charge in [0.2, 0.25) is 0 Å². The number of benzene rings is 2. The van der Waals surface area contributed by atoms with Gasteiger partial charge in [-0.15, -0.1) is 0 Å². The van der Waals surface area contributed by atoms with Crippen molar-refractivity contribution in [1.82, 2.24) is 0 Å². The highest BCUT2D eigenvalue weighted by Gasteiger charge is 2.11. The summed E-state index contributed by atoms with van der Waals surface area (Å²) in [6, 6.07) is 16.1. The third kappa shape index (κ3) is 5.75. The second-order valence-corrected chi connectivity index (χ2v) is 6.49. The van der Waals surface area contributed by atoms with Crippen molar-refractivity contribution in [2.24, 2.45) is 5.84 Å². The van der Waals surface area contributed by atoms with Gasteiger partial charge in [0.15, 0.2) is 0 Å². The van der Waals surface area contributed by atoms with Crippen LogP contribution in [0.25, 0.3) is 0 Å². The Kier molecular flexibility index (Phi) is 7.15. The molecular formula is C20H29N5O2. The largest absolute Gasteiger partial charge is 0.399 e. The minimum Gasteiger partial charge on any atom is -0.399 e. The number of ether oxygens (including phenoxy) is 2. The van der Waals surface area contributed by atoms with Crippen LogP contribution in [0.5, 0.6) is 0 Å². The summed E-state index contributed by atoms with van der Waals surface area (Å²) in [6.45, 7) is 7.07. The van der Waals surface area contributed by atoms with E-state index in [1.54, 1.807) is 0 Å². The van der Waals surface area contributed by atoms with E-state index in [0.29, 0.717) is 0 Å². The number of rotatable bonds is 3. The van der Waals surface area contributed by atoms with Crippen LogP contribution in [0.4, 0.5) is 22.7 Å². The topological polar surface area (TPSA) is 89.0 Å². The van der Waals surface area contributed by atoms with Crippen molar-refractivity contribution in [3.8, 4) is 0 Å². The lowest BCUT2D eigenvalue weighted by molar-refractivity contribution is 0.122. The number of nitrogen functional groups attached to an aromatic ring is 2. The van der Waals surface area contributed by atoms with Crippen LogP contribution in [0.3, 0.4) is 0 Å². The number of nitrogens with two attached hydrogens (primary N) is 2. The molecule has 0 radical (unpaired) electrons. The smallest absolute Gasteiger partial charge is 0.0642 e. The molecule has 2 fully saturated rings. The van der Waals surface area contributed by atoms with Crippen LogP contribution in [-0.2, 0) is 9.47 Å². The summed E-state index contributed by atoms with van der Waals surface area (Å²) in [5.74, 6) is 5.36. The van der Waals surface area contributed by atoms with E-state index in [-0.39, 0.29) is 0 Å². The molecule has 2 aliphatic heterocycles. The standard InChI is InChI=1S/C10H15N3O.C10H14N2O/c11-12-9-2-1-3-10(8-9)13-4-6-14-7-5-13;11-9-2-1-3-10(8-9)12-4-6-13-7-5-12/h1-3,8,12H,4-7,11H2;1-3,8H,4-7,11H2. The Hall–Kier alpha value is -2.48. The Labute approximate surface area is 160 Å². The fourth-order valence-electron chi connectivity index (χ4n) is 3.16. The number of hydrogen-bond acceptors (Lipinski definition) is 7. The molecule has 5 N–H and O–H groups in total. The number of anilines is 4. The van der Waals surface area contributed by atoms with Gasteiger partial charge in [0.1, 0.15) is 0 Å². The van der Waals surface area contributed by atoms with E-state index in [2.05, 4.69) is 27.4 Å². The van der Waals surface area contributed by atoms with Gasteiger partial charge in [-0.25, -0.2) is 0 Å². The molecule has 2 aromatic carbocycles. The maximum atomic E-state index is 5.71. The predicted octanol–water partition coefficient (Wildman–Crippen LogP) is 1.91. The average Bonchev–Trinajstić information content (AvgIpc) is 2.75. The molecule has 2 saturated heterocycles. The van der Waals surface area contributed by atoms with Gasteiger partial charge in [-0.05, 0) is 36.4 Å². The highest BCUT2D eigenvalue weighted by molar-refractivity contribution is 5.58. The van der Waals surface area contributed by atoms with Gasteiger partial charge in [-0.3, -0.25) is 5.84 Å². The SMILES string of the molecule is NNc1cccc(N2CCOCC2)c1.Nc1cccc(N2CCOCC2)c1. The molecule has 7 heteroatoms.